The molecule has 1 aromatic heterocycles. The highest BCUT2D eigenvalue weighted by Crippen LogP contribution is 2.62. The highest BCUT2D eigenvalue weighted by atomic mass is 16.4. The number of carboxylic acids is 1. The average molecular weight is 352 g/mol. The van der Waals surface area contributed by atoms with Gasteiger partial charge in [0.15, 0.2) is 0 Å². The molecule has 136 valence electrons. The number of nitrogens with zero attached hydrogens (tertiary/aromatic N) is 1. The van der Waals surface area contributed by atoms with E-state index >= 15 is 0 Å². The van der Waals surface area contributed by atoms with E-state index < -0.39 is 11.4 Å². The minimum absolute atomic E-state index is 0.0547. The number of amides is 1. The lowest BCUT2D eigenvalue weighted by Gasteiger charge is -2.12. The Morgan fingerprint density at radius 2 is 2.04 bits per heavy atom. The summed E-state index contributed by atoms with van der Waals surface area (Å²) in [7, 11) is 0. The minimum Gasteiger partial charge on any atom is -0.481 e. The molecular weight excluding hydrogens is 328 g/mol. The molecule has 1 amide bonds. The van der Waals surface area contributed by atoms with Gasteiger partial charge in [0.2, 0.25) is 0 Å². The van der Waals surface area contributed by atoms with Crippen molar-refractivity contribution in [1.29, 1.82) is 0 Å². The summed E-state index contributed by atoms with van der Waals surface area (Å²) in [4.78, 5) is 28.3. The highest BCUT2D eigenvalue weighted by molar-refractivity contribution is 5.94. The van der Waals surface area contributed by atoms with Gasteiger partial charge in [0.1, 0.15) is 0 Å². The molecule has 2 atom stereocenters. The first-order valence-corrected chi connectivity index (χ1v) is 9.07. The van der Waals surface area contributed by atoms with E-state index in [0.717, 1.165) is 24.0 Å². The molecule has 3 rings (SSSR count). The van der Waals surface area contributed by atoms with Crippen LogP contribution in [0.4, 0.5) is 0 Å². The molecule has 1 unspecified atom stereocenters. The molecule has 0 aliphatic heterocycles. The van der Waals surface area contributed by atoms with E-state index in [1.807, 2.05) is 30.3 Å². The quantitative estimate of drug-likeness (QED) is 0.758. The molecule has 5 heteroatoms. The summed E-state index contributed by atoms with van der Waals surface area (Å²) >= 11 is 0. The van der Waals surface area contributed by atoms with Crippen LogP contribution in [0.15, 0.2) is 48.8 Å². The number of hydrogen-bond donors (Lipinski definition) is 2. The third kappa shape index (κ3) is 3.77. The molecule has 1 aliphatic carbocycles. The Hall–Kier alpha value is -2.69. The second kappa shape index (κ2) is 7.68. The second-order valence-corrected chi connectivity index (χ2v) is 7.00. The van der Waals surface area contributed by atoms with Gasteiger partial charge in [-0.05, 0) is 30.0 Å². The number of hydrogen-bond acceptors (Lipinski definition) is 3. The molecule has 26 heavy (non-hydrogen) atoms. The molecule has 0 bridgehead atoms. The van der Waals surface area contributed by atoms with E-state index in [4.69, 9.17) is 0 Å². The number of aromatic nitrogens is 1. The van der Waals surface area contributed by atoms with Gasteiger partial charge in [0.05, 0.1) is 11.0 Å². The standard InChI is InChI=1S/C21H24N2O3/c1-2-3-9-21(20(25)26)11-18(21)16-10-17(14-22-13-16)19(24)23-12-15-7-5-4-6-8-15/h4-8,10,13-14,18H,2-3,9,11-12H2,1H3,(H,23,24)(H,25,26)/t18-,21?/m0/s1. The minimum atomic E-state index is -0.741. The highest BCUT2D eigenvalue weighted by Gasteiger charge is 2.60. The zero-order valence-electron chi connectivity index (χ0n) is 14.9. The van der Waals surface area contributed by atoms with Gasteiger partial charge in [-0.1, -0.05) is 50.1 Å². The zero-order valence-corrected chi connectivity index (χ0v) is 14.9. The third-order valence-electron chi connectivity index (χ3n) is 5.20. The summed E-state index contributed by atoms with van der Waals surface area (Å²) in [6.45, 7) is 2.51. The van der Waals surface area contributed by atoms with Crippen molar-refractivity contribution in [3.63, 3.8) is 0 Å². The summed E-state index contributed by atoms with van der Waals surface area (Å²) in [6.07, 6.45) is 6.39. The topological polar surface area (TPSA) is 79.3 Å². The van der Waals surface area contributed by atoms with E-state index in [-0.39, 0.29) is 11.8 Å². The number of rotatable bonds is 8. The molecule has 1 saturated carbocycles. The fraction of sp³-hybridized carbons (Fsp3) is 0.381. The number of carbonyl (C=O) groups excluding carboxylic acids is 1. The summed E-state index contributed by atoms with van der Waals surface area (Å²) in [5.41, 5.74) is 1.66. The van der Waals surface area contributed by atoms with Crippen LogP contribution in [-0.4, -0.2) is 22.0 Å². The van der Waals surface area contributed by atoms with Gasteiger partial charge in [-0.15, -0.1) is 0 Å². The van der Waals surface area contributed by atoms with Crippen molar-refractivity contribution in [2.75, 3.05) is 0 Å². The maximum absolute atomic E-state index is 12.4. The average Bonchev–Trinajstić information content (AvgIpc) is 3.41. The van der Waals surface area contributed by atoms with Gasteiger partial charge < -0.3 is 10.4 Å². The SMILES string of the molecule is CCCCC1(C(=O)O)C[C@H]1c1cncc(C(=O)NCc2ccccc2)c1. The first-order valence-electron chi connectivity index (χ1n) is 9.07. The van der Waals surface area contributed by atoms with E-state index in [1.165, 1.54) is 6.20 Å². The van der Waals surface area contributed by atoms with E-state index in [0.29, 0.717) is 24.9 Å². The number of pyridine rings is 1. The fourth-order valence-electron chi connectivity index (χ4n) is 3.51. The lowest BCUT2D eigenvalue weighted by Crippen LogP contribution is -2.23. The molecule has 1 aromatic carbocycles. The third-order valence-corrected chi connectivity index (χ3v) is 5.20. The fourth-order valence-corrected chi connectivity index (χ4v) is 3.51. The number of nitrogens with one attached hydrogen (secondary N) is 1. The zero-order chi connectivity index (χ0) is 18.6. The molecule has 1 heterocycles. The van der Waals surface area contributed by atoms with Gasteiger partial charge >= 0.3 is 5.97 Å². The van der Waals surface area contributed by atoms with Crippen molar-refractivity contribution >= 4 is 11.9 Å². The number of carboxylic acid groups (broad SMARTS) is 1. The van der Waals surface area contributed by atoms with Gasteiger partial charge in [-0.2, -0.15) is 0 Å². The summed E-state index contributed by atoms with van der Waals surface area (Å²) < 4.78 is 0. The first-order chi connectivity index (χ1) is 12.6. The van der Waals surface area contributed by atoms with Crippen LogP contribution in [0.25, 0.3) is 0 Å². The maximum Gasteiger partial charge on any atom is 0.310 e. The molecular formula is C21H24N2O3. The smallest absolute Gasteiger partial charge is 0.310 e. The van der Waals surface area contributed by atoms with E-state index in [1.54, 1.807) is 12.3 Å². The predicted molar refractivity (Wildman–Crippen MR) is 98.8 cm³/mol. The molecule has 2 aromatic rings. The van der Waals surface area contributed by atoms with Crippen molar-refractivity contribution in [2.24, 2.45) is 5.41 Å². The second-order valence-electron chi connectivity index (χ2n) is 7.00. The Labute approximate surface area is 153 Å². The van der Waals surface area contributed by atoms with E-state index in [2.05, 4.69) is 17.2 Å². The maximum atomic E-state index is 12.4. The van der Waals surface area contributed by atoms with Crippen LogP contribution in [0.3, 0.4) is 0 Å². The van der Waals surface area contributed by atoms with Crippen LogP contribution < -0.4 is 5.32 Å². The van der Waals surface area contributed by atoms with Crippen LogP contribution in [0.2, 0.25) is 0 Å². The van der Waals surface area contributed by atoms with Crippen molar-refractivity contribution in [1.82, 2.24) is 10.3 Å². The van der Waals surface area contributed by atoms with Crippen molar-refractivity contribution in [3.05, 3.63) is 65.5 Å². The Balaban J connectivity index is 1.68. The van der Waals surface area contributed by atoms with Crippen LogP contribution >= 0.6 is 0 Å². The largest absolute Gasteiger partial charge is 0.481 e. The monoisotopic (exact) mass is 352 g/mol. The van der Waals surface area contributed by atoms with Gasteiger partial charge in [0, 0.05) is 24.9 Å². The lowest BCUT2D eigenvalue weighted by atomic mass is 9.93. The summed E-state index contributed by atoms with van der Waals surface area (Å²) in [6, 6.07) is 11.5. The number of unbranched alkanes of at least 4 members (excludes halogenated alkanes) is 1. The van der Waals surface area contributed by atoms with Crippen LogP contribution in [0.1, 0.15) is 60.0 Å². The molecule has 1 fully saturated rings. The number of aliphatic carboxylic acids is 1. The van der Waals surface area contributed by atoms with Gasteiger partial charge in [-0.25, -0.2) is 0 Å². The van der Waals surface area contributed by atoms with Crippen molar-refractivity contribution < 1.29 is 14.7 Å². The molecule has 5 nitrogen and oxygen atoms in total. The predicted octanol–water partition coefficient (Wildman–Crippen LogP) is 3.76. The van der Waals surface area contributed by atoms with Crippen LogP contribution in [0.5, 0.6) is 0 Å². The summed E-state index contributed by atoms with van der Waals surface area (Å²) in [5.74, 6) is -0.992. The Morgan fingerprint density at radius 1 is 1.27 bits per heavy atom. The molecule has 1 aliphatic rings. The van der Waals surface area contributed by atoms with Gasteiger partial charge in [-0.3, -0.25) is 14.6 Å². The Morgan fingerprint density at radius 3 is 2.73 bits per heavy atom. The molecule has 0 spiro atoms. The normalized spacial score (nSPS) is 21.2. The van der Waals surface area contributed by atoms with Crippen LogP contribution in [-0.2, 0) is 11.3 Å². The van der Waals surface area contributed by atoms with Crippen molar-refractivity contribution in [2.45, 2.75) is 45.1 Å². The lowest BCUT2D eigenvalue weighted by molar-refractivity contribution is -0.143. The molecule has 0 saturated heterocycles. The number of carbonyl (C=O) groups is 2. The Kier molecular flexibility index (Phi) is 5.35. The Bertz CT molecular complexity index is 791. The molecule has 2 N–H and O–H groups in total. The van der Waals surface area contributed by atoms with Crippen molar-refractivity contribution in [3.8, 4) is 0 Å². The van der Waals surface area contributed by atoms with Crippen LogP contribution in [0, 0.1) is 5.41 Å². The first kappa shape index (κ1) is 18.1. The van der Waals surface area contributed by atoms with Gasteiger partial charge in [0.25, 0.3) is 5.91 Å². The molecule has 0 radical (unpaired) electrons. The number of benzene rings is 1. The van der Waals surface area contributed by atoms with E-state index in [9.17, 15) is 14.7 Å². The summed E-state index contributed by atoms with van der Waals surface area (Å²) in [5, 5.41) is 12.5.